The van der Waals surface area contributed by atoms with Gasteiger partial charge in [0.2, 0.25) is 17.3 Å². The number of anilines is 1. The molecule has 4 aromatic heterocycles. The number of aromatic nitrogens is 6. The third-order valence-electron chi connectivity index (χ3n) is 5.07. The van der Waals surface area contributed by atoms with Crippen molar-refractivity contribution in [1.82, 2.24) is 29.1 Å². The molecule has 0 amide bonds. The number of hydrogen-bond acceptors (Lipinski definition) is 7. The largest absolute Gasteiger partial charge is 0.451 e. The van der Waals surface area contributed by atoms with Crippen LogP contribution in [0.4, 0.5) is 19.1 Å². The number of fused-ring (bicyclic) bond motifs is 1. The van der Waals surface area contributed by atoms with Gasteiger partial charge in [-0.25, -0.2) is 23.8 Å². The summed E-state index contributed by atoms with van der Waals surface area (Å²) >= 11 is 0. The maximum absolute atomic E-state index is 13.2. The molecule has 0 radical (unpaired) electrons. The van der Waals surface area contributed by atoms with Gasteiger partial charge in [-0.3, -0.25) is 4.79 Å². The second-order valence-corrected chi connectivity index (χ2v) is 7.23. The number of H-pyrrole nitrogens is 1. The Morgan fingerprint density at radius 3 is 2.50 bits per heavy atom. The summed E-state index contributed by atoms with van der Waals surface area (Å²) in [6.07, 6.45) is -2.73. The Hall–Kier alpha value is -4.68. The van der Waals surface area contributed by atoms with Gasteiger partial charge >= 0.3 is 11.9 Å². The number of aromatic amines is 1. The van der Waals surface area contributed by atoms with Crippen molar-refractivity contribution in [1.29, 1.82) is 0 Å². The zero-order valence-electron chi connectivity index (χ0n) is 17.1. The van der Waals surface area contributed by atoms with E-state index in [4.69, 9.17) is 5.73 Å². The van der Waals surface area contributed by atoms with Gasteiger partial charge < -0.3 is 15.1 Å². The minimum absolute atomic E-state index is 0.0421. The summed E-state index contributed by atoms with van der Waals surface area (Å²) in [7, 11) is 0. The van der Waals surface area contributed by atoms with Crippen molar-refractivity contribution in [2.24, 2.45) is 0 Å². The van der Waals surface area contributed by atoms with Crippen LogP contribution in [0.1, 0.15) is 11.5 Å². The molecule has 0 spiro atoms. The monoisotopic (exact) mass is 469 g/mol. The van der Waals surface area contributed by atoms with Crippen molar-refractivity contribution < 1.29 is 17.6 Å². The second-order valence-electron chi connectivity index (χ2n) is 7.23. The number of nitrogen functional groups attached to an aromatic ring is 1. The number of oxazole rings is 1. The van der Waals surface area contributed by atoms with E-state index in [0.29, 0.717) is 28.8 Å². The van der Waals surface area contributed by atoms with Crippen LogP contribution in [0.2, 0.25) is 0 Å². The maximum atomic E-state index is 13.2. The van der Waals surface area contributed by atoms with Crippen LogP contribution in [-0.2, 0) is 12.7 Å². The zero-order chi connectivity index (χ0) is 24.0. The molecule has 10 nitrogen and oxygen atoms in total. The molecule has 4 heterocycles. The minimum atomic E-state index is -4.79. The quantitative estimate of drug-likeness (QED) is 0.413. The van der Waals surface area contributed by atoms with Gasteiger partial charge in [-0.1, -0.05) is 30.3 Å². The molecule has 13 heteroatoms. The Kier molecular flexibility index (Phi) is 4.81. The number of nitrogens with one attached hydrogen (secondary N) is 1. The molecule has 34 heavy (non-hydrogen) atoms. The summed E-state index contributed by atoms with van der Waals surface area (Å²) < 4.78 is 45.9. The highest BCUT2D eigenvalue weighted by Gasteiger charge is 2.38. The third kappa shape index (κ3) is 3.52. The smallest absolute Gasteiger partial charge is 0.439 e. The van der Waals surface area contributed by atoms with Crippen LogP contribution in [0.5, 0.6) is 0 Å². The van der Waals surface area contributed by atoms with Crippen molar-refractivity contribution in [3.63, 3.8) is 0 Å². The molecular formula is C21H14F3N7O3. The molecule has 0 aliphatic heterocycles. The van der Waals surface area contributed by atoms with Crippen LogP contribution in [0.25, 0.3) is 28.0 Å². The van der Waals surface area contributed by atoms with Gasteiger partial charge in [0, 0.05) is 23.4 Å². The fourth-order valence-corrected chi connectivity index (χ4v) is 3.60. The Morgan fingerprint density at radius 2 is 1.82 bits per heavy atom. The number of rotatable bonds is 4. The highest BCUT2D eigenvalue weighted by molar-refractivity contribution is 5.90. The van der Waals surface area contributed by atoms with E-state index < -0.39 is 29.9 Å². The number of nitrogens with two attached hydrogens (primary N) is 1. The second kappa shape index (κ2) is 7.72. The van der Waals surface area contributed by atoms with Crippen molar-refractivity contribution in [3.05, 3.63) is 87.3 Å². The van der Waals surface area contributed by atoms with Crippen molar-refractivity contribution in [3.8, 4) is 22.4 Å². The normalized spacial score (nSPS) is 11.9. The lowest BCUT2D eigenvalue weighted by atomic mass is 10.0. The Balaban J connectivity index is 1.78. The molecule has 0 unspecified atom stereocenters. The van der Waals surface area contributed by atoms with E-state index in [-0.39, 0.29) is 17.2 Å². The molecule has 0 saturated heterocycles. The molecule has 5 aromatic rings. The number of halogens is 3. The number of alkyl halides is 3. The first kappa shape index (κ1) is 21.2. The summed E-state index contributed by atoms with van der Waals surface area (Å²) in [5.74, 6) is -1.54. The number of nitrogens with zero attached hydrogens (tertiary/aromatic N) is 5. The van der Waals surface area contributed by atoms with Crippen LogP contribution in [0.15, 0.2) is 69.1 Å². The fourth-order valence-electron chi connectivity index (χ4n) is 3.60. The topological polar surface area (TPSA) is 137 Å². The summed E-state index contributed by atoms with van der Waals surface area (Å²) in [6.45, 7) is -0.614. The van der Waals surface area contributed by atoms with E-state index in [1.54, 1.807) is 30.3 Å². The van der Waals surface area contributed by atoms with Gasteiger partial charge in [-0.05, 0) is 6.07 Å². The van der Waals surface area contributed by atoms with Gasteiger partial charge in [-0.2, -0.15) is 13.2 Å². The molecule has 0 bridgehead atoms. The van der Waals surface area contributed by atoms with Crippen LogP contribution < -0.4 is 17.0 Å². The van der Waals surface area contributed by atoms with Crippen LogP contribution in [-0.4, -0.2) is 29.1 Å². The van der Waals surface area contributed by atoms with Gasteiger partial charge in [0.1, 0.15) is 5.69 Å². The highest BCUT2D eigenvalue weighted by atomic mass is 19.4. The van der Waals surface area contributed by atoms with E-state index in [9.17, 15) is 22.8 Å². The predicted octanol–water partition coefficient (Wildman–Crippen LogP) is 2.55. The Morgan fingerprint density at radius 1 is 1.06 bits per heavy atom. The lowest BCUT2D eigenvalue weighted by molar-refractivity contribution is -0.153. The predicted molar refractivity (Wildman–Crippen MR) is 114 cm³/mol. The fraction of sp³-hybridized carbons (Fsp3) is 0.0952. The zero-order valence-corrected chi connectivity index (χ0v) is 17.1. The average molecular weight is 469 g/mol. The first-order valence-corrected chi connectivity index (χ1v) is 9.77. The first-order chi connectivity index (χ1) is 16.2. The van der Waals surface area contributed by atoms with E-state index in [0.717, 1.165) is 9.08 Å². The lowest BCUT2D eigenvalue weighted by Crippen LogP contribution is -2.24. The van der Waals surface area contributed by atoms with Crippen molar-refractivity contribution in [2.45, 2.75) is 12.7 Å². The number of hydrogen-bond donors (Lipinski definition) is 2. The molecule has 1 aromatic carbocycles. The molecule has 0 atom stereocenters. The van der Waals surface area contributed by atoms with E-state index in [2.05, 4.69) is 24.5 Å². The SMILES string of the molecule is Nc1nc(-c2ccccc2)c(-c2ccc(=O)[nH]c2)c2nn(Cc3ncoc3C(F)(F)F)c(=O)n12. The summed E-state index contributed by atoms with van der Waals surface area (Å²) in [6, 6.07) is 11.7. The minimum Gasteiger partial charge on any atom is -0.439 e. The molecule has 0 aliphatic rings. The van der Waals surface area contributed by atoms with Crippen LogP contribution in [0.3, 0.4) is 0 Å². The summed E-state index contributed by atoms with van der Waals surface area (Å²) in [5, 5.41) is 4.26. The highest BCUT2D eigenvalue weighted by Crippen LogP contribution is 2.34. The third-order valence-corrected chi connectivity index (χ3v) is 5.07. The van der Waals surface area contributed by atoms with Gasteiger partial charge in [-0.15, -0.1) is 5.10 Å². The Bertz CT molecular complexity index is 1610. The molecule has 0 fully saturated rings. The molecule has 172 valence electrons. The van der Waals surface area contributed by atoms with Crippen LogP contribution in [0, 0.1) is 0 Å². The van der Waals surface area contributed by atoms with Gasteiger partial charge in [0.05, 0.1) is 17.8 Å². The molecule has 0 saturated carbocycles. The first-order valence-electron chi connectivity index (χ1n) is 9.77. The average Bonchev–Trinajstić information content (AvgIpc) is 3.40. The number of pyridine rings is 1. The summed E-state index contributed by atoms with van der Waals surface area (Å²) in [5.41, 5.74) is 6.27. The van der Waals surface area contributed by atoms with E-state index in [1.165, 1.54) is 18.3 Å². The molecule has 0 aliphatic carbocycles. The van der Waals surface area contributed by atoms with E-state index in [1.807, 2.05) is 0 Å². The lowest BCUT2D eigenvalue weighted by Gasteiger charge is -2.11. The maximum Gasteiger partial charge on any atom is 0.451 e. The van der Waals surface area contributed by atoms with Crippen LogP contribution >= 0.6 is 0 Å². The molecule has 5 rings (SSSR count). The Labute approximate surface area is 187 Å². The number of benzene rings is 1. The van der Waals surface area contributed by atoms with E-state index >= 15 is 0 Å². The van der Waals surface area contributed by atoms with Gasteiger partial charge in [0.25, 0.3) is 0 Å². The standard InChI is InChI=1S/C21H14F3N7O3/c22-21(23,24)17-13(27-10-34-17)9-30-20(33)31-18(29-30)15(12-6-7-14(32)26-8-12)16(28-19(31)25)11-4-2-1-3-5-11/h1-8,10H,9H2,(H2,25,28)(H,26,32). The molecule has 3 N–H and O–H groups in total. The molecular weight excluding hydrogens is 455 g/mol. The van der Waals surface area contributed by atoms with Crippen molar-refractivity contribution in [2.75, 3.05) is 5.73 Å². The summed E-state index contributed by atoms with van der Waals surface area (Å²) in [4.78, 5) is 35.2. The van der Waals surface area contributed by atoms with Crippen molar-refractivity contribution >= 4 is 11.6 Å². The van der Waals surface area contributed by atoms with Gasteiger partial charge in [0.15, 0.2) is 12.0 Å².